The summed E-state index contributed by atoms with van der Waals surface area (Å²) in [7, 11) is 0. The van der Waals surface area contributed by atoms with E-state index in [-0.39, 0.29) is 24.3 Å². The molecule has 1 amide bonds. The van der Waals surface area contributed by atoms with Gasteiger partial charge in [-0.2, -0.15) is 0 Å². The molecule has 4 heterocycles. The van der Waals surface area contributed by atoms with Gasteiger partial charge in [0.2, 0.25) is 11.8 Å². The van der Waals surface area contributed by atoms with Gasteiger partial charge in [-0.3, -0.25) is 4.98 Å². The Kier molecular flexibility index (Phi) is 8.99. The molecule has 2 aliphatic rings. The largest absolute Gasteiger partial charge is 0.474 e. The molecule has 2 aliphatic heterocycles. The highest BCUT2D eigenvalue weighted by molar-refractivity contribution is 5.69. The number of hydrogen-bond donors (Lipinski definition) is 0. The fourth-order valence-corrected chi connectivity index (χ4v) is 5.35. The lowest BCUT2D eigenvalue weighted by Crippen LogP contribution is -2.49. The standard InChI is InChI=1S/C28H40N4O4/c1-5-7-8-10-21(6-2)17-34-28(33)32-22-12-13-23(32)16-24(15-22)35-26-19(3)27(31-18-30-26)36-25-11-9-14-29-20(25)4/h9,11,14,18,21-24H,5-8,10,12-13,15-17H2,1-4H3. The molecule has 36 heavy (non-hydrogen) atoms. The van der Waals surface area contributed by atoms with Crippen molar-refractivity contribution < 1.29 is 19.0 Å². The number of fused-ring (bicyclic) bond motifs is 2. The van der Waals surface area contributed by atoms with Crippen LogP contribution in [0.15, 0.2) is 24.7 Å². The highest BCUT2D eigenvalue weighted by atomic mass is 16.6. The van der Waals surface area contributed by atoms with Crippen LogP contribution in [0.5, 0.6) is 17.5 Å². The zero-order valence-corrected chi connectivity index (χ0v) is 22.1. The van der Waals surface area contributed by atoms with Crippen LogP contribution >= 0.6 is 0 Å². The minimum absolute atomic E-state index is 0.00874. The molecule has 2 aromatic rings. The van der Waals surface area contributed by atoms with E-state index in [1.165, 1.54) is 25.6 Å². The van der Waals surface area contributed by atoms with Crippen molar-refractivity contribution in [1.82, 2.24) is 19.9 Å². The van der Waals surface area contributed by atoms with Gasteiger partial charge in [-0.05, 0) is 51.2 Å². The smallest absolute Gasteiger partial charge is 0.410 e. The van der Waals surface area contributed by atoms with Crippen LogP contribution in [0.1, 0.15) is 82.9 Å². The fourth-order valence-electron chi connectivity index (χ4n) is 5.35. The molecule has 196 valence electrons. The minimum atomic E-state index is -0.157. The van der Waals surface area contributed by atoms with Gasteiger partial charge in [0.15, 0.2) is 5.75 Å². The number of piperidine rings is 1. The van der Waals surface area contributed by atoms with E-state index >= 15 is 0 Å². The average Bonchev–Trinajstić information content (AvgIpc) is 3.15. The number of amides is 1. The zero-order valence-electron chi connectivity index (χ0n) is 22.1. The molecule has 2 aromatic heterocycles. The molecular weight excluding hydrogens is 456 g/mol. The van der Waals surface area contributed by atoms with E-state index in [1.807, 2.05) is 30.9 Å². The van der Waals surface area contributed by atoms with E-state index in [0.717, 1.165) is 49.8 Å². The lowest BCUT2D eigenvalue weighted by molar-refractivity contribution is 0.0253. The third-order valence-electron chi connectivity index (χ3n) is 7.57. The molecule has 0 aromatic carbocycles. The van der Waals surface area contributed by atoms with Crippen LogP contribution in [-0.2, 0) is 4.74 Å². The number of aromatic nitrogens is 3. The Bertz CT molecular complexity index is 1000. The maximum absolute atomic E-state index is 13.0. The predicted molar refractivity (Wildman–Crippen MR) is 137 cm³/mol. The zero-order chi connectivity index (χ0) is 25.5. The molecule has 3 atom stereocenters. The summed E-state index contributed by atoms with van der Waals surface area (Å²) >= 11 is 0. The SMILES string of the molecule is CCCCCC(CC)COC(=O)N1C2CCC1CC(Oc1ncnc(Oc3cccnc3C)c1C)C2. The number of hydrogen-bond acceptors (Lipinski definition) is 7. The van der Waals surface area contributed by atoms with Crippen LogP contribution in [0.4, 0.5) is 4.79 Å². The summed E-state index contributed by atoms with van der Waals surface area (Å²) in [5.41, 5.74) is 1.55. The molecule has 8 heteroatoms. The number of unbranched alkanes of at least 4 members (excludes halogenated alkanes) is 2. The number of carbonyl (C=O) groups is 1. The van der Waals surface area contributed by atoms with Gasteiger partial charge in [0.05, 0.1) is 17.9 Å². The van der Waals surface area contributed by atoms with Crippen molar-refractivity contribution in [2.24, 2.45) is 5.92 Å². The molecule has 3 unspecified atom stereocenters. The average molecular weight is 497 g/mol. The van der Waals surface area contributed by atoms with Crippen molar-refractivity contribution in [2.45, 2.75) is 104 Å². The monoisotopic (exact) mass is 496 g/mol. The third kappa shape index (κ3) is 6.26. The summed E-state index contributed by atoms with van der Waals surface area (Å²) < 4.78 is 18.1. The molecule has 0 radical (unpaired) electrons. The van der Waals surface area contributed by atoms with Gasteiger partial charge in [0, 0.05) is 31.1 Å². The summed E-state index contributed by atoms with van der Waals surface area (Å²) in [5, 5.41) is 0. The number of rotatable bonds is 11. The molecule has 2 bridgehead atoms. The number of ether oxygens (including phenoxy) is 3. The second-order valence-corrected chi connectivity index (χ2v) is 10.1. The van der Waals surface area contributed by atoms with Crippen LogP contribution in [0, 0.1) is 19.8 Å². The van der Waals surface area contributed by atoms with E-state index in [4.69, 9.17) is 14.2 Å². The first-order valence-electron chi connectivity index (χ1n) is 13.5. The molecule has 4 rings (SSSR count). The van der Waals surface area contributed by atoms with Gasteiger partial charge >= 0.3 is 6.09 Å². The molecule has 8 nitrogen and oxygen atoms in total. The van der Waals surface area contributed by atoms with Gasteiger partial charge in [-0.15, -0.1) is 0 Å². The van der Waals surface area contributed by atoms with Crippen molar-refractivity contribution in [3.05, 3.63) is 35.9 Å². The first kappa shape index (κ1) is 26.2. The Balaban J connectivity index is 1.33. The van der Waals surface area contributed by atoms with Gasteiger partial charge in [-0.1, -0.05) is 39.5 Å². The number of pyridine rings is 1. The van der Waals surface area contributed by atoms with Gasteiger partial charge in [-0.25, -0.2) is 14.8 Å². The summed E-state index contributed by atoms with van der Waals surface area (Å²) in [5.74, 6) is 2.10. The van der Waals surface area contributed by atoms with Crippen LogP contribution in [0.3, 0.4) is 0 Å². The second kappa shape index (κ2) is 12.4. The van der Waals surface area contributed by atoms with Crippen molar-refractivity contribution in [3.63, 3.8) is 0 Å². The molecule has 2 saturated heterocycles. The molecule has 0 aliphatic carbocycles. The number of aryl methyl sites for hydroxylation is 1. The molecule has 0 saturated carbocycles. The fraction of sp³-hybridized carbons (Fsp3) is 0.643. The molecular formula is C28H40N4O4. The summed E-state index contributed by atoms with van der Waals surface area (Å²) in [4.78, 5) is 27.9. The minimum Gasteiger partial charge on any atom is -0.474 e. The highest BCUT2D eigenvalue weighted by Crippen LogP contribution is 2.38. The quantitative estimate of drug-likeness (QED) is 0.333. The van der Waals surface area contributed by atoms with E-state index < -0.39 is 0 Å². The van der Waals surface area contributed by atoms with Crippen molar-refractivity contribution in [1.29, 1.82) is 0 Å². The maximum Gasteiger partial charge on any atom is 0.410 e. The van der Waals surface area contributed by atoms with Crippen molar-refractivity contribution in [3.8, 4) is 17.5 Å². The Morgan fingerprint density at radius 3 is 2.53 bits per heavy atom. The van der Waals surface area contributed by atoms with Crippen LogP contribution in [0.2, 0.25) is 0 Å². The summed E-state index contributed by atoms with van der Waals surface area (Å²) in [6.07, 6.45) is 12.4. The summed E-state index contributed by atoms with van der Waals surface area (Å²) in [6, 6.07) is 4.00. The molecule has 0 N–H and O–H groups in total. The van der Waals surface area contributed by atoms with Gasteiger partial charge in [0.1, 0.15) is 12.4 Å². The van der Waals surface area contributed by atoms with Crippen LogP contribution < -0.4 is 9.47 Å². The van der Waals surface area contributed by atoms with E-state index in [9.17, 15) is 4.79 Å². The van der Waals surface area contributed by atoms with Crippen LogP contribution in [-0.4, -0.2) is 50.7 Å². The van der Waals surface area contributed by atoms with Crippen molar-refractivity contribution in [2.75, 3.05) is 6.61 Å². The Hall–Kier alpha value is -2.90. The first-order chi connectivity index (χ1) is 17.5. The maximum atomic E-state index is 13.0. The lowest BCUT2D eigenvalue weighted by Gasteiger charge is -2.38. The predicted octanol–water partition coefficient (Wildman–Crippen LogP) is 6.40. The lowest BCUT2D eigenvalue weighted by atomic mass is 9.99. The van der Waals surface area contributed by atoms with Gasteiger partial charge < -0.3 is 19.1 Å². The van der Waals surface area contributed by atoms with E-state index in [2.05, 4.69) is 28.8 Å². The number of carbonyl (C=O) groups excluding carboxylic acids is 1. The first-order valence-corrected chi connectivity index (χ1v) is 13.5. The molecule has 0 spiro atoms. The normalized spacial score (nSPS) is 21.8. The van der Waals surface area contributed by atoms with Crippen molar-refractivity contribution >= 4 is 6.09 Å². The van der Waals surface area contributed by atoms with E-state index in [1.54, 1.807) is 6.20 Å². The second-order valence-electron chi connectivity index (χ2n) is 10.1. The Morgan fingerprint density at radius 1 is 1.08 bits per heavy atom. The van der Waals surface area contributed by atoms with Gasteiger partial charge in [0.25, 0.3) is 0 Å². The third-order valence-corrected chi connectivity index (χ3v) is 7.57. The Labute approximate surface area is 214 Å². The van der Waals surface area contributed by atoms with E-state index in [0.29, 0.717) is 30.0 Å². The highest BCUT2D eigenvalue weighted by Gasteiger charge is 2.45. The summed E-state index contributed by atoms with van der Waals surface area (Å²) in [6.45, 7) is 8.72. The van der Waals surface area contributed by atoms with Crippen LogP contribution in [0.25, 0.3) is 0 Å². The number of nitrogens with zero attached hydrogens (tertiary/aromatic N) is 4. The topological polar surface area (TPSA) is 86.7 Å². The molecule has 2 fully saturated rings. The Morgan fingerprint density at radius 2 is 1.83 bits per heavy atom.